The first kappa shape index (κ1) is 11.3. The summed E-state index contributed by atoms with van der Waals surface area (Å²) in [6.45, 7) is 7.41. The molecule has 0 spiro atoms. The third-order valence-corrected chi connectivity index (χ3v) is 2.83. The van der Waals surface area contributed by atoms with Crippen LogP contribution in [0.15, 0.2) is 24.3 Å². The van der Waals surface area contributed by atoms with Crippen molar-refractivity contribution in [3.05, 3.63) is 35.4 Å². The zero-order valence-electron chi connectivity index (χ0n) is 9.46. The van der Waals surface area contributed by atoms with Gasteiger partial charge in [0, 0.05) is 0 Å². The third kappa shape index (κ3) is 3.15. The predicted molar refractivity (Wildman–Crippen MR) is 62.3 cm³/mol. The third-order valence-electron chi connectivity index (χ3n) is 2.83. The van der Waals surface area contributed by atoms with Crippen LogP contribution in [-0.2, 0) is 6.42 Å². The molecule has 0 fully saturated rings. The Morgan fingerprint density at radius 3 is 2.50 bits per heavy atom. The summed E-state index contributed by atoms with van der Waals surface area (Å²) < 4.78 is 0. The second-order valence-electron chi connectivity index (χ2n) is 4.43. The molecule has 14 heavy (non-hydrogen) atoms. The Bertz CT molecular complexity index is 278. The van der Waals surface area contributed by atoms with Gasteiger partial charge in [-0.2, -0.15) is 0 Å². The van der Waals surface area contributed by atoms with Crippen molar-refractivity contribution < 1.29 is 0 Å². The lowest BCUT2D eigenvalue weighted by molar-refractivity contribution is 0.392. The lowest BCUT2D eigenvalue weighted by atomic mass is 9.89. The van der Waals surface area contributed by atoms with Crippen LogP contribution in [0.4, 0.5) is 0 Å². The second-order valence-corrected chi connectivity index (χ2v) is 4.43. The highest BCUT2D eigenvalue weighted by Crippen LogP contribution is 2.16. The molecule has 78 valence electrons. The molecule has 0 heterocycles. The normalized spacial score (nSPS) is 13.2. The van der Waals surface area contributed by atoms with Crippen molar-refractivity contribution in [2.24, 2.45) is 17.6 Å². The molecule has 1 unspecified atom stereocenters. The van der Waals surface area contributed by atoms with E-state index in [2.05, 4.69) is 45.0 Å². The topological polar surface area (TPSA) is 26.0 Å². The van der Waals surface area contributed by atoms with Gasteiger partial charge in [0.05, 0.1) is 0 Å². The van der Waals surface area contributed by atoms with Gasteiger partial charge in [0.25, 0.3) is 0 Å². The predicted octanol–water partition coefficient (Wildman–Crippen LogP) is 2.77. The van der Waals surface area contributed by atoms with Gasteiger partial charge in [-0.25, -0.2) is 0 Å². The van der Waals surface area contributed by atoms with Crippen molar-refractivity contribution in [2.75, 3.05) is 6.54 Å². The molecule has 0 saturated heterocycles. The Morgan fingerprint density at radius 2 is 2.00 bits per heavy atom. The minimum atomic E-state index is 0.608. The van der Waals surface area contributed by atoms with E-state index in [0.29, 0.717) is 11.8 Å². The van der Waals surface area contributed by atoms with Gasteiger partial charge in [0.1, 0.15) is 0 Å². The molecular weight excluding hydrogens is 170 g/mol. The Morgan fingerprint density at radius 1 is 1.29 bits per heavy atom. The van der Waals surface area contributed by atoms with Crippen molar-refractivity contribution in [3.8, 4) is 0 Å². The van der Waals surface area contributed by atoms with Crippen molar-refractivity contribution >= 4 is 0 Å². The molecule has 0 aliphatic rings. The standard InChI is InChI=1S/C13H21N/c1-10(2)13(9-14)8-12-6-4-5-11(3)7-12/h4-7,10,13H,8-9,14H2,1-3H3. The molecule has 1 aromatic carbocycles. The van der Waals surface area contributed by atoms with Crippen LogP contribution in [0.2, 0.25) is 0 Å². The summed E-state index contributed by atoms with van der Waals surface area (Å²) in [6, 6.07) is 8.71. The van der Waals surface area contributed by atoms with Gasteiger partial charge in [0.2, 0.25) is 0 Å². The molecule has 1 rings (SSSR count). The van der Waals surface area contributed by atoms with Gasteiger partial charge in [0.15, 0.2) is 0 Å². The lowest BCUT2D eigenvalue weighted by Crippen LogP contribution is -2.22. The summed E-state index contributed by atoms with van der Waals surface area (Å²) in [5.74, 6) is 1.28. The van der Waals surface area contributed by atoms with E-state index >= 15 is 0 Å². The van der Waals surface area contributed by atoms with E-state index in [-0.39, 0.29) is 0 Å². The van der Waals surface area contributed by atoms with E-state index in [1.165, 1.54) is 11.1 Å². The molecule has 2 N–H and O–H groups in total. The summed E-state index contributed by atoms with van der Waals surface area (Å²) >= 11 is 0. The van der Waals surface area contributed by atoms with E-state index in [4.69, 9.17) is 5.73 Å². The van der Waals surface area contributed by atoms with Crippen molar-refractivity contribution in [1.82, 2.24) is 0 Å². The number of aryl methyl sites for hydroxylation is 1. The maximum atomic E-state index is 5.76. The van der Waals surface area contributed by atoms with Gasteiger partial charge in [-0.3, -0.25) is 0 Å². The quantitative estimate of drug-likeness (QED) is 0.778. The van der Waals surface area contributed by atoms with Crippen molar-refractivity contribution in [3.63, 3.8) is 0 Å². The highest BCUT2D eigenvalue weighted by atomic mass is 14.5. The molecule has 0 aliphatic heterocycles. The van der Waals surface area contributed by atoms with E-state index < -0.39 is 0 Å². The maximum absolute atomic E-state index is 5.76. The van der Waals surface area contributed by atoms with Crippen LogP contribution >= 0.6 is 0 Å². The number of rotatable bonds is 4. The minimum absolute atomic E-state index is 0.608. The highest BCUT2D eigenvalue weighted by Gasteiger charge is 2.11. The van der Waals surface area contributed by atoms with E-state index in [0.717, 1.165) is 13.0 Å². The first-order valence-electron chi connectivity index (χ1n) is 5.39. The Kier molecular flexibility index (Phi) is 4.15. The van der Waals surface area contributed by atoms with Crippen molar-refractivity contribution in [1.29, 1.82) is 0 Å². The van der Waals surface area contributed by atoms with Crippen LogP contribution in [0, 0.1) is 18.8 Å². The fourth-order valence-electron chi connectivity index (χ4n) is 1.73. The molecular formula is C13H21N. The van der Waals surface area contributed by atoms with Crippen LogP contribution in [-0.4, -0.2) is 6.54 Å². The smallest absolute Gasteiger partial charge is 0.00432 e. The molecule has 1 atom stereocenters. The van der Waals surface area contributed by atoms with Crippen molar-refractivity contribution in [2.45, 2.75) is 27.2 Å². The zero-order chi connectivity index (χ0) is 10.6. The van der Waals surface area contributed by atoms with Gasteiger partial charge < -0.3 is 5.73 Å². The number of nitrogens with two attached hydrogens (primary N) is 1. The molecule has 1 nitrogen and oxygen atoms in total. The van der Waals surface area contributed by atoms with E-state index in [1.54, 1.807) is 0 Å². The molecule has 1 heteroatoms. The molecule has 0 saturated carbocycles. The van der Waals surface area contributed by atoms with E-state index in [1.807, 2.05) is 0 Å². The average Bonchev–Trinajstić information content (AvgIpc) is 2.14. The van der Waals surface area contributed by atoms with Gasteiger partial charge in [-0.1, -0.05) is 43.7 Å². The van der Waals surface area contributed by atoms with Crippen LogP contribution in [0.25, 0.3) is 0 Å². The SMILES string of the molecule is Cc1cccc(CC(CN)C(C)C)c1. The van der Waals surface area contributed by atoms with Gasteiger partial charge >= 0.3 is 0 Å². The summed E-state index contributed by atoms with van der Waals surface area (Å²) in [5.41, 5.74) is 8.51. The van der Waals surface area contributed by atoms with E-state index in [9.17, 15) is 0 Å². The minimum Gasteiger partial charge on any atom is -0.330 e. The number of benzene rings is 1. The monoisotopic (exact) mass is 191 g/mol. The van der Waals surface area contributed by atoms with Crippen LogP contribution in [0.1, 0.15) is 25.0 Å². The molecule has 0 radical (unpaired) electrons. The fourth-order valence-corrected chi connectivity index (χ4v) is 1.73. The largest absolute Gasteiger partial charge is 0.330 e. The molecule has 1 aromatic rings. The van der Waals surface area contributed by atoms with Crippen LogP contribution in [0.3, 0.4) is 0 Å². The Balaban J connectivity index is 2.67. The molecule has 0 aliphatic carbocycles. The fraction of sp³-hybridized carbons (Fsp3) is 0.538. The highest BCUT2D eigenvalue weighted by molar-refractivity contribution is 5.22. The first-order chi connectivity index (χ1) is 6.63. The van der Waals surface area contributed by atoms with Gasteiger partial charge in [-0.15, -0.1) is 0 Å². The molecule has 0 bridgehead atoms. The first-order valence-corrected chi connectivity index (χ1v) is 5.39. The maximum Gasteiger partial charge on any atom is -0.00432 e. The Labute approximate surface area is 87.3 Å². The van der Waals surface area contributed by atoms with Crippen LogP contribution in [0.5, 0.6) is 0 Å². The van der Waals surface area contributed by atoms with Crippen LogP contribution < -0.4 is 5.73 Å². The number of hydrogen-bond donors (Lipinski definition) is 1. The molecule has 0 aromatic heterocycles. The zero-order valence-corrected chi connectivity index (χ0v) is 9.46. The average molecular weight is 191 g/mol. The molecule has 0 amide bonds. The lowest BCUT2D eigenvalue weighted by Gasteiger charge is -2.18. The summed E-state index contributed by atoms with van der Waals surface area (Å²) in [4.78, 5) is 0. The summed E-state index contributed by atoms with van der Waals surface area (Å²) in [5, 5.41) is 0. The second kappa shape index (κ2) is 5.16. The Hall–Kier alpha value is -0.820. The number of hydrogen-bond acceptors (Lipinski definition) is 1. The summed E-state index contributed by atoms with van der Waals surface area (Å²) in [7, 11) is 0. The van der Waals surface area contributed by atoms with Gasteiger partial charge in [-0.05, 0) is 37.3 Å². The summed E-state index contributed by atoms with van der Waals surface area (Å²) in [6.07, 6.45) is 1.11.